The molecule has 0 aromatic heterocycles. The number of nitrogens with one attached hydrogen (secondary N) is 1. The van der Waals surface area contributed by atoms with E-state index in [1.165, 1.54) is 6.92 Å². The van der Waals surface area contributed by atoms with Gasteiger partial charge < -0.3 is 10.1 Å². The van der Waals surface area contributed by atoms with Crippen molar-refractivity contribution in [3.8, 4) is 5.75 Å². The average molecular weight is 311 g/mol. The van der Waals surface area contributed by atoms with Crippen LogP contribution in [0.4, 0.5) is 5.69 Å². The number of carbonyl (C=O) groups is 2. The van der Waals surface area contributed by atoms with Gasteiger partial charge in [0, 0.05) is 16.8 Å². The fourth-order valence-electron chi connectivity index (χ4n) is 2.66. The zero-order valence-corrected chi connectivity index (χ0v) is 13.9. The van der Waals surface area contributed by atoms with Gasteiger partial charge in [0.15, 0.2) is 5.78 Å². The Morgan fingerprint density at radius 1 is 1.13 bits per heavy atom. The molecule has 2 rings (SSSR count). The maximum atomic E-state index is 12.3. The van der Waals surface area contributed by atoms with Gasteiger partial charge in [0.05, 0.1) is 13.5 Å². The van der Waals surface area contributed by atoms with Crippen molar-refractivity contribution in [2.75, 3.05) is 12.4 Å². The highest BCUT2D eigenvalue weighted by molar-refractivity contribution is 5.97. The third-order valence-electron chi connectivity index (χ3n) is 3.60. The second kappa shape index (κ2) is 7.09. The standard InChI is InChI=1S/C19H21NO3/c1-12-8-13(2)19(23-4)16(9-12)11-18(22)20-17-7-5-6-15(10-17)14(3)21/h5-10H,11H2,1-4H3,(H,20,22). The number of ketones is 1. The molecule has 0 fully saturated rings. The maximum absolute atomic E-state index is 12.3. The van der Waals surface area contributed by atoms with Gasteiger partial charge in [0.1, 0.15) is 5.75 Å². The highest BCUT2D eigenvalue weighted by atomic mass is 16.5. The molecule has 0 heterocycles. The SMILES string of the molecule is COc1c(C)cc(C)cc1CC(=O)Nc1cccc(C(C)=O)c1. The summed E-state index contributed by atoms with van der Waals surface area (Å²) in [5.41, 5.74) is 4.14. The Kier molecular flexibility index (Phi) is 5.16. The van der Waals surface area contributed by atoms with Gasteiger partial charge in [0.25, 0.3) is 0 Å². The molecule has 0 bridgehead atoms. The lowest BCUT2D eigenvalue weighted by Crippen LogP contribution is -2.15. The van der Waals surface area contributed by atoms with Crippen LogP contribution in [0.25, 0.3) is 0 Å². The number of anilines is 1. The van der Waals surface area contributed by atoms with E-state index in [2.05, 4.69) is 5.32 Å². The van der Waals surface area contributed by atoms with Gasteiger partial charge in [-0.05, 0) is 38.5 Å². The van der Waals surface area contributed by atoms with Crippen LogP contribution < -0.4 is 10.1 Å². The fraction of sp³-hybridized carbons (Fsp3) is 0.263. The molecule has 23 heavy (non-hydrogen) atoms. The Hall–Kier alpha value is -2.62. The van der Waals surface area contributed by atoms with E-state index in [0.717, 1.165) is 22.4 Å². The Bertz CT molecular complexity index is 750. The molecule has 1 N–H and O–H groups in total. The first kappa shape index (κ1) is 16.7. The van der Waals surface area contributed by atoms with E-state index < -0.39 is 0 Å². The molecule has 0 saturated heterocycles. The third kappa shape index (κ3) is 4.19. The highest BCUT2D eigenvalue weighted by Crippen LogP contribution is 2.25. The highest BCUT2D eigenvalue weighted by Gasteiger charge is 2.12. The van der Waals surface area contributed by atoms with Crippen molar-refractivity contribution >= 4 is 17.4 Å². The number of amides is 1. The van der Waals surface area contributed by atoms with Gasteiger partial charge >= 0.3 is 0 Å². The van der Waals surface area contributed by atoms with Gasteiger partial charge in [-0.2, -0.15) is 0 Å². The smallest absolute Gasteiger partial charge is 0.228 e. The Labute approximate surface area is 136 Å². The summed E-state index contributed by atoms with van der Waals surface area (Å²) < 4.78 is 5.41. The van der Waals surface area contributed by atoms with E-state index in [0.29, 0.717) is 11.3 Å². The first-order chi connectivity index (χ1) is 10.9. The van der Waals surface area contributed by atoms with Crippen LogP contribution in [0.3, 0.4) is 0 Å². The minimum atomic E-state index is -0.144. The summed E-state index contributed by atoms with van der Waals surface area (Å²) in [5.74, 6) is 0.564. The number of aryl methyl sites for hydroxylation is 2. The molecule has 0 aliphatic heterocycles. The molecule has 2 aromatic carbocycles. The molecule has 4 heteroatoms. The number of hydrogen-bond acceptors (Lipinski definition) is 3. The molecule has 0 aliphatic carbocycles. The number of rotatable bonds is 5. The lowest BCUT2D eigenvalue weighted by molar-refractivity contribution is -0.115. The van der Waals surface area contributed by atoms with Crippen LogP contribution in [-0.4, -0.2) is 18.8 Å². The van der Waals surface area contributed by atoms with Crippen LogP contribution >= 0.6 is 0 Å². The molecule has 0 saturated carbocycles. The van der Waals surface area contributed by atoms with E-state index >= 15 is 0 Å². The number of ether oxygens (including phenoxy) is 1. The largest absolute Gasteiger partial charge is 0.496 e. The molecule has 4 nitrogen and oxygen atoms in total. The first-order valence-electron chi connectivity index (χ1n) is 7.45. The summed E-state index contributed by atoms with van der Waals surface area (Å²) in [4.78, 5) is 23.7. The van der Waals surface area contributed by atoms with E-state index in [-0.39, 0.29) is 18.1 Å². The van der Waals surface area contributed by atoms with Crippen molar-refractivity contribution < 1.29 is 14.3 Å². The van der Waals surface area contributed by atoms with Crippen LogP contribution in [0.5, 0.6) is 5.75 Å². The molecule has 1 amide bonds. The summed E-state index contributed by atoms with van der Waals surface area (Å²) in [6.07, 6.45) is 0.218. The summed E-state index contributed by atoms with van der Waals surface area (Å²) in [7, 11) is 1.61. The molecule has 120 valence electrons. The minimum absolute atomic E-state index is 0.0305. The van der Waals surface area contributed by atoms with Crippen molar-refractivity contribution in [2.45, 2.75) is 27.2 Å². The Balaban J connectivity index is 2.17. The number of methoxy groups -OCH3 is 1. The first-order valence-corrected chi connectivity index (χ1v) is 7.45. The quantitative estimate of drug-likeness (QED) is 0.857. The molecule has 0 radical (unpaired) electrons. The lowest BCUT2D eigenvalue weighted by atomic mass is 10.0. The van der Waals surface area contributed by atoms with Crippen LogP contribution in [0.2, 0.25) is 0 Å². The number of Topliss-reactive ketones (excluding diaryl/α,β-unsaturated/α-hetero) is 1. The summed E-state index contributed by atoms with van der Waals surface area (Å²) in [6, 6.07) is 10.9. The molecule has 0 aliphatic rings. The topological polar surface area (TPSA) is 55.4 Å². The van der Waals surface area contributed by atoms with Crippen molar-refractivity contribution in [1.82, 2.24) is 0 Å². The zero-order chi connectivity index (χ0) is 17.0. The van der Waals surface area contributed by atoms with Crippen molar-refractivity contribution in [1.29, 1.82) is 0 Å². The van der Waals surface area contributed by atoms with Gasteiger partial charge in [0.2, 0.25) is 5.91 Å². The zero-order valence-electron chi connectivity index (χ0n) is 13.9. The predicted octanol–water partition coefficient (Wildman–Crippen LogP) is 3.70. The van der Waals surface area contributed by atoms with E-state index in [9.17, 15) is 9.59 Å². The second-order valence-electron chi connectivity index (χ2n) is 5.64. The van der Waals surface area contributed by atoms with Gasteiger partial charge in [-0.3, -0.25) is 9.59 Å². The average Bonchev–Trinajstić information content (AvgIpc) is 2.46. The van der Waals surface area contributed by atoms with Gasteiger partial charge in [-0.1, -0.05) is 29.8 Å². The van der Waals surface area contributed by atoms with Crippen molar-refractivity contribution in [2.24, 2.45) is 0 Å². The van der Waals surface area contributed by atoms with Crippen LogP contribution in [0.1, 0.15) is 34.0 Å². The molecular weight excluding hydrogens is 290 g/mol. The lowest BCUT2D eigenvalue weighted by Gasteiger charge is -2.13. The number of carbonyl (C=O) groups excluding carboxylic acids is 2. The fourth-order valence-corrected chi connectivity index (χ4v) is 2.66. The Morgan fingerprint density at radius 3 is 2.52 bits per heavy atom. The summed E-state index contributed by atoms with van der Waals surface area (Å²) in [5, 5.41) is 2.83. The summed E-state index contributed by atoms with van der Waals surface area (Å²) >= 11 is 0. The predicted molar refractivity (Wildman–Crippen MR) is 91.2 cm³/mol. The van der Waals surface area contributed by atoms with Gasteiger partial charge in [-0.25, -0.2) is 0 Å². The van der Waals surface area contributed by atoms with Crippen LogP contribution in [-0.2, 0) is 11.2 Å². The normalized spacial score (nSPS) is 10.3. The number of hydrogen-bond donors (Lipinski definition) is 1. The molecule has 0 atom stereocenters. The third-order valence-corrected chi connectivity index (χ3v) is 3.60. The van der Waals surface area contributed by atoms with Crippen molar-refractivity contribution in [3.63, 3.8) is 0 Å². The monoisotopic (exact) mass is 311 g/mol. The maximum Gasteiger partial charge on any atom is 0.228 e. The minimum Gasteiger partial charge on any atom is -0.496 e. The van der Waals surface area contributed by atoms with E-state index in [1.807, 2.05) is 26.0 Å². The molecular formula is C19H21NO3. The Morgan fingerprint density at radius 2 is 1.87 bits per heavy atom. The van der Waals surface area contributed by atoms with Gasteiger partial charge in [-0.15, -0.1) is 0 Å². The molecule has 2 aromatic rings. The van der Waals surface area contributed by atoms with E-state index in [4.69, 9.17) is 4.74 Å². The van der Waals surface area contributed by atoms with Crippen LogP contribution in [0, 0.1) is 13.8 Å². The van der Waals surface area contributed by atoms with Crippen LogP contribution in [0.15, 0.2) is 36.4 Å². The molecule has 0 spiro atoms. The van der Waals surface area contributed by atoms with E-state index in [1.54, 1.807) is 31.4 Å². The molecule has 0 unspecified atom stereocenters. The van der Waals surface area contributed by atoms with Crippen molar-refractivity contribution in [3.05, 3.63) is 58.7 Å². The summed E-state index contributed by atoms with van der Waals surface area (Å²) in [6.45, 7) is 5.45. The number of benzene rings is 2. The second-order valence-corrected chi connectivity index (χ2v) is 5.64.